The Morgan fingerprint density at radius 2 is 0.973 bits per heavy atom. The molecule has 0 amide bonds. The second kappa shape index (κ2) is 9.11. The van der Waals surface area contributed by atoms with Gasteiger partial charge in [0.05, 0.1) is 0 Å². The van der Waals surface area contributed by atoms with Crippen LogP contribution < -0.4 is 0 Å². The summed E-state index contributed by atoms with van der Waals surface area (Å²) in [5.41, 5.74) is 7.25. The molecule has 0 aliphatic heterocycles. The van der Waals surface area contributed by atoms with Crippen LogP contribution in [0, 0.1) is 0 Å². The molecular weight excluding hydrogens is 446 g/mol. The highest BCUT2D eigenvalue weighted by Crippen LogP contribution is 2.34. The van der Waals surface area contributed by atoms with Crippen LogP contribution in [0.5, 0.6) is 0 Å². The molecule has 0 fully saturated rings. The second-order valence-electron chi connectivity index (χ2n) is 9.74. The minimum Gasteiger partial charge on any atom is -0.355 e. The van der Waals surface area contributed by atoms with Gasteiger partial charge in [0.25, 0.3) is 0 Å². The molecule has 1 aromatic heterocycles. The molecule has 0 atom stereocenters. The standard InChI is InChI=1S/C36H27N/c1-3-11-25(12-4-1)27-19-21-35-33(23-27)31-17-9-7-15-29(31)30-16-8-10-18-32(30)34-24-28(20-22-36(34)37-35)26-13-5-2-6-14-26/h1,3-5,7-24,37H,2,6H2. The fourth-order valence-corrected chi connectivity index (χ4v) is 5.62. The third kappa shape index (κ3) is 3.90. The van der Waals surface area contributed by atoms with E-state index in [1.807, 2.05) is 0 Å². The van der Waals surface area contributed by atoms with Gasteiger partial charge in [0.15, 0.2) is 0 Å². The first-order chi connectivity index (χ1) is 18.3. The summed E-state index contributed by atoms with van der Waals surface area (Å²) >= 11 is 0. The molecule has 0 radical (unpaired) electrons. The van der Waals surface area contributed by atoms with Crippen LogP contribution in [-0.2, 0) is 0 Å². The first kappa shape index (κ1) is 21.6. The van der Waals surface area contributed by atoms with E-state index in [4.69, 9.17) is 0 Å². The van der Waals surface area contributed by atoms with Crippen molar-refractivity contribution in [1.29, 1.82) is 0 Å². The quantitative estimate of drug-likeness (QED) is 0.257. The van der Waals surface area contributed by atoms with Crippen molar-refractivity contribution in [2.24, 2.45) is 0 Å². The predicted molar refractivity (Wildman–Crippen MR) is 160 cm³/mol. The second-order valence-corrected chi connectivity index (χ2v) is 9.74. The SMILES string of the molecule is C1=CC(c2ccc3[nH]c4ccc(-c5ccccc5)cc4c4ccccc4c4ccccc4c3c2)=CCC1. The van der Waals surface area contributed by atoms with Gasteiger partial charge >= 0.3 is 0 Å². The van der Waals surface area contributed by atoms with Crippen molar-refractivity contribution in [3.8, 4) is 11.1 Å². The van der Waals surface area contributed by atoms with E-state index in [2.05, 4.69) is 138 Å². The summed E-state index contributed by atoms with van der Waals surface area (Å²) < 4.78 is 0. The van der Waals surface area contributed by atoms with Crippen LogP contribution in [0.25, 0.3) is 60.1 Å². The Kier molecular flexibility index (Phi) is 5.33. The zero-order chi connectivity index (χ0) is 24.6. The Labute approximate surface area is 216 Å². The largest absolute Gasteiger partial charge is 0.355 e. The van der Waals surface area contributed by atoms with Gasteiger partial charge in [-0.1, -0.05) is 109 Å². The molecule has 0 unspecified atom stereocenters. The minimum atomic E-state index is 1.10. The van der Waals surface area contributed by atoms with Gasteiger partial charge in [-0.2, -0.15) is 0 Å². The summed E-state index contributed by atoms with van der Waals surface area (Å²) in [5, 5.41) is 7.42. The molecule has 37 heavy (non-hydrogen) atoms. The normalized spacial score (nSPS) is 13.2. The summed E-state index contributed by atoms with van der Waals surface area (Å²) in [6.45, 7) is 0. The maximum atomic E-state index is 3.84. The van der Waals surface area contributed by atoms with Gasteiger partial charge in [-0.3, -0.25) is 0 Å². The lowest BCUT2D eigenvalue weighted by Gasteiger charge is -2.09. The highest BCUT2D eigenvalue weighted by Gasteiger charge is 2.09. The summed E-state index contributed by atoms with van der Waals surface area (Å²) in [6.07, 6.45) is 9.11. The molecule has 1 aliphatic carbocycles. The number of nitrogens with one attached hydrogen (secondary N) is 1. The molecule has 0 saturated heterocycles. The molecule has 1 heterocycles. The summed E-state index contributed by atoms with van der Waals surface area (Å²) in [4.78, 5) is 3.84. The van der Waals surface area contributed by atoms with Gasteiger partial charge in [0.1, 0.15) is 0 Å². The smallest absolute Gasteiger partial charge is 0.0464 e. The monoisotopic (exact) mass is 473 g/mol. The van der Waals surface area contributed by atoms with Gasteiger partial charge in [0.2, 0.25) is 0 Å². The number of aromatic amines is 1. The molecule has 0 bridgehead atoms. The first-order valence-corrected chi connectivity index (χ1v) is 13.0. The van der Waals surface area contributed by atoms with E-state index >= 15 is 0 Å². The lowest BCUT2D eigenvalue weighted by atomic mass is 9.96. The van der Waals surface area contributed by atoms with Crippen LogP contribution in [-0.4, -0.2) is 4.98 Å². The topological polar surface area (TPSA) is 15.8 Å². The lowest BCUT2D eigenvalue weighted by molar-refractivity contribution is 1.04. The highest BCUT2D eigenvalue weighted by molar-refractivity contribution is 6.19. The van der Waals surface area contributed by atoms with E-state index < -0.39 is 0 Å². The van der Waals surface area contributed by atoms with Gasteiger partial charge in [-0.25, -0.2) is 0 Å². The fraction of sp³-hybridized carbons (Fsp3) is 0.0556. The number of hydrogen-bond donors (Lipinski definition) is 1. The predicted octanol–water partition coefficient (Wildman–Crippen LogP) is 10.2. The van der Waals surface area contributed by atoms with Crippen LogP contribution in [0.2, 0.25) is 0 Å². The summed E-state index contributed by atoms with van der Waals surface area (Å²) in [7, 11) is 0. The van der Waals surface area contributed by atoms with Crippen molar-refractivity contribution < 1.29 is 0 Å². The molecule has 1 aliphatic rings. The Morgan fingerprint density at radius 3 is 1.57 bits per heavy atom. The molecule has 1 nitrogen and oxygen atoms in total. The Hall–Kier alpha value is -4.62. The third-order valence-electron chi connectivity index (χ3n) is 7.47. The zero-order valence-corrected chi connectivity index (χ0v) is 20.6. The lowest BCUT2D eigenvalue weighted by Crippen LogP contribution is -1.87. The molecule has 5 aromatic carbocycles. The van der Waals surface area contributed by atoms with Gasteiger partial charge in [0, 0.05) is 21.8 Å². The molecule has 1 N–H and O–H groups in total. The van der Waals surface area contributed by atoms with Gasteiger partial charge in [-0.05, 0) is 80.9 Å². The number of aromatic nitrogens is 1. The number of fused-ring (bicyclic) bond motifs is 7. The maximum Gasteiger partial charge on any atom is 0.0464 e. The average Bonchev–Trinajstić information content (AvgIpc) is 3.03. The third-order valence-corrected chi connectivity index (χ3v) is 7.47. The van der Waals surface area contributed by atoms with Crippen LogP contribution in [0.4, 0.5) is 0 Å². The number of H-pyrrole nitrogens is 1. The summed E-state index contributed by atoms with van der Waals surface area (Å²) in [6, 6.07) is 41.9. The van der Waals surface area contributed by atoms with Crippen molar-refractivity contribution in [1.82, 2.24) is 4.98 Å². The molecule has 0 saturated carbocycles. The van der Waals surface area contributed by atoms with E-state index in [0.717, 1.165) is 23.9 Å². The van der Waals surface area contributed by atoms with Crippen LogP contribution >= 0.6 is 0 Å². The first-order valence-electron chi connectivity index (χ1n) is 13.0. The number of hydrogen-bond acceptors (Lipinski definition) is 0. The van der Waals surface area contributed by atoms with E-state index in [-0.39, 0.29) is 0 Å². The van der Waals surface area contributed by atoms with E-state index in [1.165, 1.54) is 54.6 Å². The fourth-order valence-electron chi connectivity index (χ4n) is 5.62. The van der Waals surface area contributed by atoms with E-state index in [1.54, 1.807) is 0 Å². The molecule has 6 aromatic rings. The number of rotatable bonds is 2. The number of benzene rings is 5. The summed E-state index contributed by atoms with van der Waals surface area (Å²) in [5.74, 6) is 0. The van der Waals surface area contributed by atoms with Crippen LogP contribution in [0.1, 0.15) is 18.4 Å². The van der Waals surface area contributed by atoms with Gasteiger partial charge < -0.3 is 4.98 Å². The van der Waals surface area contributed by atoms with Crippen molar-refractivity contribution in [2.45, 2.75) is 12.8 Å². The average molecular weight is 474 g/mol. The molecule has 176 valence electrons. The molecular formula is C36H27N. The minimum absolute atomic E-state index is 1.10. The molecule has 1 heteroatoms. The molecule has 7 rings (SSSR count). The van der Waals surface area contributed by atoms with Gasteiger partial charge in [-0.15, -0.1) is 0 Å². The molecule has 0 spiro atoms. The van der Waals surface area contributed by atoms with Crippen LogP contribution in [0.15, 0.2) is 133 Å². The Morgan fingerprint density at radius 1 is 0.432 bits per heavy atom. The maximum absolute atomic E-state index is 3.84. The highest BCUT2D eigenvalue weighted by atomic mass is 14.7. The Bertz CT molecular complexity index is 1920. The number of allylic oxidation sites excluding steroid dienone is 4. The van der Waals surface area contributed by atoms with E-state index in [9.17, 15) is 0 Å². The zero-order valence-electron chi connectivity index (χ0n) is 20.6. The Balaban J connectivity index is 1.67. The van der Waals surface area contributed by atoms with Crippen molar-refractivity contribution in [3.05, 3.63) is 139 Å². The van der Waals surface area contributed by atoms with Crippen LogP contribution in [0.3, 0.4) is 0 Å². The van der Waals surface area contributed by atoms with Crippen molar-refractivity contribution in [2.75, 3.05) is 0 Å². The van der Waals surface area contributed by atoms with Crippen molar-refractivity contribution >= 4 is 48.9 Å². The van der Waals surface area contributed by atoms with Crippen molar-refractivity contribution in [3.63, 3.8) is 0 Å². The van der Waals surface area contributed by atoms with E-state index in [0.29, 0.717) is 0 Å².